The van der Waals surface area contributed by atoms with Crippen molar-refractivity contribution in [3.8, 4) is 0 Å². The summed E-state index contributed by atoms with van der Waals surface area (Å²) < 4.78 is 6.07. The van der Waals surface area contributed by atoms with Crippen molar-refractivity contribution in [2.45, 2.75) is 108 Å². The maximum absolute atomic E-state index is 12.3. The van der Waals surface area contributed by atoms with E-state index in [2.05, 4.69) is 32.3 Å². The molecule has 0 aromatic carbocycles. The van der Waals surface area contributed by atoms with Crippen LogP contribution >= 0.6 is 0 Å². The lowest BCUT2D eigenvalue weighted by atomic mass is 9.76. The van der Waals surface area contributed by atoms with Crippen molar-refractivity contribution < 1.29 is 19.2 Å². The molecule has 3 saturated carbocycles. The third kappa shape index (κ3) is 7.39. The number of rotatable bonds is 12. The predicted molar refractivity (Wildman–Crippen MR) is 135 cm³/mol. The molecule has 2 aliphatic heterocycles. The minimum atomic E-state index is -0.123. The van der Waals surface area contributed by atoms with Crippen molar-refractivity contribution >= 4 is 11.8 Å². The molecule has 2 saturated heterocycles. The summed E-state index contributed by atoms with van der Waals surface area (Å²) in [5, 5.41) is 10.1. The molecule has 5 unspecified atom stereocenters. The highest BCUT2D eigenvalue weighted by Gasteiger charge is 2.39. The van der Waals surface area contributed by atoms with Gasteiger partial charge >= 0.3 is 0 Å². The minimum absolute atomic E-state index is 0.0626. The number of nitrogens with one attached hydrogen (secondary N) is 6. The largest absolute Gasteiger partial charge is 0.378 e. The van der Waals surface area contributed by atoms with E-state index in [0.717, 1.165) is 70.4 Å². The van der Waals surface area contributed by atoms with Crippen LogP contribution in [0.5, 0.6) is 0 Å². The molecule has 0 aromatic rings. The Morgan fingerprint density at radius 2 is 1.86 bits per heavy atom. The van der Waals surface area contributed by atoms with Crippen LogP contribution in [0.4, 0.5) is 0 Å². The molecule has 204 valence electrons. The number of fused-ring (bicyclic) bond motifs is 1. The number of amides is 2. The van der Waals surface area contributed by atoms with E-state index in [1.54, 1.807) is 0 Å². The first kappa shape index (κ1) is 26.3. The number of hydroxylamine groups is 1. The molecule has 0 aromatic heterocycles. The molecule has 5 atom stereocenters. The van der Waals surface area contributed by atoms with Gasteiger partial charge in [0.25, 0.3) is 0 Å². The van der Waals surface area contributed by atoms with Crippen molar-refractivity contribution in [2.24, 2.45) is 23.7 Å². The van der Waals surface area contributed by atoms with Gasteiger partial charge in [0, 0.05) is 31.4 Å². The summed E-state index contributed by atoms with van der Waals surface area (Å²) in [7, 11) is 0. The average molecular weight is 507 g/mol. The second-order valence-corrected chi connectivity index (χ2v) is 11.5. The van der Waals surface area contributed by atoms with Crippen LogP contribution in [0.2, 0.25) is 0 Å². The first-order chi connectivity index (χ1) is 17.7. The molecule has 0 radical (unpaired) electrons. The topological polar surface area (TPSA) is 125 Å². The number of hydrogen-bond donors (Lipinski definition) is 6. The van der Waals surface area contributed by atoms with E-state index in [1.807, 2.05) is 0 Å². The molecule has 5 fully saturated rings. The van der Waals surface area contributed by atoms with Crippen molar-refractivity contribution in [1.29, 1.82) is 0 Å². The summed E-state index contributed by atoms with van der Waals surface area (Å²) >= 11 is 0. The monoisotopic (exact) mass is 506 g/mol. The molecule has 2 heterocycles. The predicted octanol–water partition coefficient (Wildman–Crippen LogP) is 1.39. The molecule has 2 amide bonds. The van der Waals surface area contributed by atoms with Gasteiger partial charge in [-0.25, -0.2) is 5.43 Å². The highest BCUT2D eigenvalue weighted by atomic mass is 16.7. The maximum atomic E-state index is 12.3. The van der Waals surface area contributed by atoms with E-state index in [9.17, 15) is 9.59 Å². The van der Waals surface area contributed by atoms with Crippen LogP contribution in [0.1, 0.15) is 83.5 Å². The van der Waals surface area contributed by atoms with Gasteiger partial charge in [0.1, 0.15) is 6.23 Å². The summed E-state index contributed by atoms with van der Waals surface area (Å²) in [6, 6.07) is 0. The standard InChI is InChI=1S/C26H46N6O4/c33-22(27-14-3-15-28-25-20-4-1-2-5-21(20)26(34)31-30-25)12-13-23-29-24(32-36-23)18-8-10-19(11-9-18)35-16-17-6-7-17/h17-21,23-25,28-30,32H,1-16H2,(H,27,33)(H,31,34). The fourth-order valence-corrected chi connectivity index (χ4v) is 6.30. The Morgan fingerprint density at radius 3 is 2.69 bits per heavy atom. The number of hydrazine groups is 1. The molecular formula is C26H46N6O4. The molecule has 36 heavy (non-hydrogen) atoms. The van der Waals surface area contributed by atoms with Gasteiger partial charge in [-0.05, 0) is 82.6 Å². The summed E-state index contributed by atoms with van der Waals surface area (Å²) in [5.74, 6) is 2.06. The Labute approximate surface area is 215 Å². The van der Waals surface area contributed by atoms with Crippen molar-refractivity contribution in [3.05, 3.63) is 0 Å². The van der Waals surface area contributed by atoms with E-state index < -0.39 is 0 Å². The van der Waals surface area contributed by atoms with Crippen LogP contribution in [0, 0.1) is 23.7 Å². The molecule has 0 spiro atoms. The average Bonchev–Trinajstić information content (AvgIpc) is 3.62. The number of ether oxygens (including phenoxy) is 1. The van der Waals surface area contributed by atoms with Crippen LogP contribution in [-0.4, -0.2) is 56.2 Å². The van der Waals surface area contributed by atoms with Crippen LogP contribution in [0.25, 0.3) is 0 Å². The van der Waals surface area contributed by atoms with E-state index >= 15 is 0 Å². The minimum Gasteiger partial charge on any atom is -0.378 e. The Bertz CT molecular complexity index is 729. The van der Waals surface area contributed by atoms with Gasteiger partial charge in [0.15, 0.2) is 0 Å². The Hall–Kier alpha value is -1.30. The van der Waals surface area contributed by atoms with Gasteiger partial charge < -0.3 is 15.4 Å². The van der Waals surface area contributed by atoms with Crippen molar-refractivity contribution in [1.82, 2.24) is 32.3 Å². The molecule has 5 aliphatic rings. The Balaban J connectivity index is 0.894. The van der Waals surface area contributed by atoms with Gasteiger partial charge in [-0.15, -0.1) is 0 Å². The smallest absolute Gasteiger partial charge is 0.237 e. The van der Waals surface area contributed by atoms with Crippen LogP contribution in [-0.2, 0) is 19.2 Å². The fourth-order valence-electron chi connectivity index (χ4n) is 6.30. The zero-order chi connectivity index (χ0) is 24.7. The van der Waals surface area contributed by atoms with Crippen LogP contribution in [0.15, 0.2) is 0 Å². The number of carbonyl (C=O) groups excluding carboxylic acids is 2. The molecule has 5 rings (SSSR count). The summed E-state index contributed by atoms with van der Waals surface area (Å²) in [6.07, 6.45) is 14.2. The van der Waals surface area contributed by atoms with Gasteiger partial charge in [-0.3, -0.25) is 25.2 Å². The van der Waals surface area contributed by atoms with Gasteiger partial charge in [0.2, 0.25) is 11.8 Å². The summed E-state index contributed by atoms with van der Waals surface area (Å²) in [6.45, 7) is 2.39. The van der Waals surface area contributed by atoms with Crippen molar-refractivity contribution in [3.63, 3.8) is 0 Å². The lowest BCUT2D eigenvalue weighted by Crippen LogP contribution is -2.64. The lowest BCUT2D eigenvalue weighted by Gasteiger charge is -2.41. The zero-order valence-corrected chi connectivity index (χ0v) is 21.6. The molecule has 10 nitrogen and oxygen atoms in total. The van der Waals surface area contributed by atoms with Crippen LogP contribution in [0.3, 0.4) is 0 Å². The molecule has 3 aliphatic carbocycles. The van der Waals surface area contributed by atoms with E-state index in [-0.39, 0.29) is 36.3 Å². The molecular weight excluding hydrogens is 460 g/mol. The summed E-state index contributed by atoms with van der Waals surface area (Å²) in [5.41, 5.74) is 9.11. The van der Waals surface area contributed by atoms with Crippen molar-refractivity contribution in [2.75, 3.05) is 19.7 Å². The van der Waals surface area contributed by atoms with Gasteiger partial charge in [-0.1, -0.05) is 12.8 Å². The summed E-state index contributed by atoms with van der Waals surface area (Å²) in [4.78, 5) is 30.1. The van der Waals surface area contributed by atoms with Crippen LogP contribution < -0.4 is 32.3 Å². The molecule has 6 N–H and O–H groups in total. The van der Waals surface area contributed by atoms with E-state index in [0.29, 0.717) is 37.3 Å². The van der Waals surface area contributed by atoms with E-state index in [1.165, 1.54) is 19.3 Å². The SMILES string of the molecule is O=C(CCC1NC(C2CCC(OCC3CC3)CC2)NO1)NCCCNC1NNC(=O)C2CCCCC12. The maximum Gasteiger partial charge on any atom is 0.237 e. The van der Waals surface area contributed by atoms with E-state index in [4.69, 9.17) is 9.57 Å². The highest BCUT2D eigenvalue weighted by Crippen LogP contribution is 2.34. The number of hydrogen-bond acceptors (Lipinski definition) is 8. The van der Waals surface area contributed by atoms with Gasteiger partial charge in [0.05, 0.1) is 18.4 Å². The zero-order valence-electron chi connectivity index (χ0n) is 21.6. The Kier molecular flexibility index (Phi) is 9.48. The lowest BCUT2D eigenvalue weighted by molar-refractivity contribution is -0.134. The number of carbonyl (C=O) groups is 2. The first-order valence-electron chi connectivity index (χ1n) is 14.5. The quantitative estimate of drug-likeness (QED) is 0.220. The third-order valence-electron chi connectivity index (χ3n) is 8.77. The molecule has 0 bridgehead atoms. The van der Waals surface area contributed by atoms with Gasteiger partial charge in [-0.2, -0.15) is 5.48 Å². The first-order valence-corrected chi connectivity index (χ1v) is 14.5. The molecule has 10 heteroatoms. The second-order valence-electron chi connectivity index (χ2n) is 11.5. The highest BCUT2D eigenvalue weighted by molar-refractivity contribution is 5.79. The third-order valence-corrected chi connectivity index (χ3v) is 8.77. The Morgan fingerprint density at radius 1 is 1.03 bits per heavy atom. The second kappa shape index (κ2) is 13.0. The normalized spacial score (nSPS) is 36.8. The fraction of sp³-hybridized carbons (Fsp3) is 0.923.